The van der Waals surface area contributed by atoms with Crippen molar-refractivity contribution in [2.45, 2.75) is 16.1 Å². The second-order valence-electron chi connectivity index (χ2n) is 7.77. The third kappa shape index (κ3) is 2.89. The van der Waals surface area contributed by atoms with Crippen LogP contribution in [0.1, 0.15) is 16.8 Å². The molecular weight excluding hydrogens is 502 g/mol. The third-order valence-electron chi connectivity index (χ3n) is 6.30. The molecular formula is C22H17Br2NO4. The number of carbonyl (C=O) groups excluding carboxylic acids is 3. The van der Waals surface area contributed by atoms with Gasteiger partial charge in [0.1, 0.15) is 5.75 Å². The van der Waals surface area contributed by atoms with Crippen LogP contribution >= 0.6 is 31.9 Å². The van der Waals surface area contributed by atoms with Gasteiger partial charge in [-0.3, -0.25) is 14.5 Å². The molecule has 0 N–H and O–H groups in total. The highest BCUT2D eigenvalue weighted by Crippen LogP contribution is 2.60. The van der Waals surface area contributed by atoms with Crippen molar-refractivity contribution in [2.24, 2.45) is 23.7 Å². The Kier molecular flexibility index (Phi) is 4.62. The first-order valence-corrected chi connectivity index (χ1v) is 11.3. The predicted molar refractivity (Wildman–Crippen MR) is 114 cm³/mol. The molecule has 2 aliphatic carbocycles. The van der Waals surface area contributed by atoms with Crippen molar-refractivity contribution in [3.63, 3.8) is 0 Å². The van der Waals surface area contributed by atoms with E-state index in [2.05, 4.69) is 31.9 Å². The highest BCUT2D eigenvalue weighted by molar-refractivity contribution is 9.12. The largest absolute Gasteiger partial charge is 0.423 e. The molecule has 1 saturated heterocycles. The van der Waals surface area contributed by atoms with E-state index in [1.807, 2.05) is 6.07 Å². The predicted octanol–water partition coefficient (Wildman–Crippen LogP) is 4.19. The molecule has 0 unspecified atom stereocenters. The number of hydrogen-bond donors (Lipinski definition) is 0. The zero-order chi connectivity index (χ0) is 20.3. The monoisotopic (exact) mass is 517 g/mol. The van der Waals surface area contributed by atoms with Gasteiger partial charge in [0.25, 0.3) is 0 Å². The first-order valence-electron chi connectivity index (χ1n) is 9.50. The zero-order valence-electron chi connectivity index (χ0n) is 15.2. The number of benzene rings is 2. The molecule has 1 heterocycles. The van der Waals surface area contributed by atoms with Crippen molar-refractivity contribution in [3.8, 4) is 5.75 Å². The van der Waals surface area contributed by atoms with Gasteiger partial charge in [0, 0.05) is 9.65 Å². The number of hydrogen-bond acceptors (Lipinski definition) is 4. The zero-order valence-corrected chi connectivity index (χ0v) is 18.4. The highest BCUT2D eigenvalue weighted by atomic mass is 79.9. The normalized spacial score (nSPS) is 32.6. The molecule has 0 radical (unpaired) electrons. The molecule has 3 fully saturated rings. The first kappa shape index (κ1) is 19.0. The van der Waals surface area contributed by atoms with Gasteiger partial charge < -0.3 is 4.74 Å². The summed E-state index contributed by atoms with van der Waals surface area (Å²) in [5.41, 5.74) is 0.976. The number of ether oxygens (including phenoxy) is 1. The maximum Gasteiger partial charge on any atom is 0.343 e. The van der Waals surface area contributed by atoms with Crippen LogP contribution in [0.3, 0.4) is 0 Å². The van der Waals surface area contributed by atoms with Gasteiger partial charge >= 0.3 is 5.97 Å². The standard InChI is InChI=1S/C22H17Br2NO4/c23-18-14-10-15(19(18)24)17-16(14)20(26)25(21(17)27)12-6-8-13(9-7-12)29-22(28)11-4-2-1-3-5-11/h1-9,14-19H,10H2/t14-,15-,16-,17-,18-,19+/m0/s1. The van der Waals surface area contributed by atoms with Crippen molar-refractivity contribution in [1.82, 2.24) is 0 Å². The third-order valence-corrected chi connectivity index (χ3v) is 9.51. The summed E-state index contributed by atoms with van der Waals surface area (Å²) in [6.45, 7) is 0. The fourth-order valence-corrected chi connectivity index (χ4v) is 6.88. The average Bonchev–Trinajstić information content (AvgIpc) is 3.34. The second-order valence-corrected chi connectivity index (χ2v) is 9.88. The van der Waals surface area contributed by atoms with Gasteiger partial charge in [0.2, 0.25) is 11.8 Å². The van der Waals surface area contributed by atoms with Crippen molar-refractivity contribution in [2.75, 3.05) is 4.90 Å². The maximum atomic E-state index is 13.1. The molecule has 2 aromatic rings. The maximum absolute atomic E-state index is 13.1. The Bertz CT molecular complexity index is 962. The van der Waals surface area contributed by atoms with Crippen LogP contribution in [0.4, 0.5) is 5.69 Å². The molecule has 148 valence electrons. The number of anilines is 1. The lowest BCUT2D eigenvalue weighted by Crippen LogP contribution is -2.37. The summed E-state index contributed by atoms with van der Waals surface area (Å²) < 4.78 is 5.38. The van der Waals surface area contributed by atoms with Gasteiger partial charge in [0.15, 0.2) is 0 Å². The van der Waals surface area contributed by atoms with Gasteiger partial charge in [0.05, 0.1) is 23.1 Å². The molecule has 2 bridgehead atoms. The quantitative estimate of drug-likeness (QED) is 0.264. The van der Waals surface area contributed by atoms with Crippen LogP contribution in [0.15, 0.2) is 54.6 Å². The van der Waals surface area contributed by atoms with Crippen LogP contribution < -0.4 is 9.64 Å². The summed E-state index contributed by atoms with van der Waals surface area (Å²) in [6, 6.07) is 15.3. The minimum atomic E-state index is -0.454. The van der Waals surface area contributed by atoms with Gasteiger partial charge in [-0.2, -0.15) is 0 Å². The number of imide groups is 1. The average molecular weight is 519 g/mol. The Labute approximate surface area is 184 Å². The Morgan fingerprint density at radius 1 is 0.862 bits per heavy atom. The topological polar surface area (TPSA) is 63.7 Å². The summed E-state index contributed by atoms with van der Waals surface area (Å²) >= 11 is 7.39. The van der Waals surface area contributed by atoms with E-state index in [0.29, 0.717) is 17.0 Å². The number of esters is 1. The van der Waals surface area contributed by atoms with Crippen LogP contribution in [0.25, 0.3) is 0 Å². The van der Waals surface area contributed by atoms with E-state index in [4.69, 9.17) is 4.74 Å². The van der Waals surface area contributed by atoms with Crippen LogP contribution in [-0.2, 0) is 9.59 Å². The van der Waals surface area contributed by atoms with Crippen LogP contribution in [0.5, 0.6) is 5.75 Å². The Hall–Kier alpha value is -1.99. The number of amides is 2. The lowest BCUT2D eigenvalue weighted by Gasteiger charge is -2.28. The Morgan fingerprint density at radius 3 is 1.97 bits per heavy atom. The number of halogens is 2. The van der Waals surface area contributed by atoms with Gasteiger partial charge in [-0.05, 0) is 54.7 Å². The van der Waals surface area contributed by atoms with E-state index in [9.17, 15) is 14.4 Å². The number of alkyl halides is 2. The van der Waals surface area contributed by atoms with E-state index >= 15 is 0 Å². The summed E-state index contributed by atoms with van der Waals surface area (Å²) in [5, 5.41) is 0. The Balaban J connectivity index is 1.35. The molecule has 3 aliphatic rings. The van der Waals surface area contributed by atoms with E-state index < -0.39 is 5.97 Å². The van der Waals surface area contributed by atoms with Crippen LogP contribution in [-0.4, -0.2) is 27.4 Å². The number of rotatable bonds is 3. The molecule has 2 saturated carbocycles. The van der Waals surface area contributed by atoms with E-state index in [1.54, 1.807) is 48.5 Å². The van der Waals surface area contributed by atoms with Crippen molar-refractivity contribution < 1.29 is 19.1 Å². The second kappa shape index (κ2) is 7.06. The summed E-state index contributed by atoms with van der Waals surface area (Å²) in [7, 11) is 0. The smallest absolute Gasteiger partial charge is 0.343 e. The minimum absolute atomic E-state index is 0.120. The molecule has 2 aromatic carbocycles. The molecule has 6 atom stereocenters. The number of carbonyl (C=O) groups is 3. The molecule has 5 rings (SSSR count). The van der Waals surface area contributed by atoms with Gasteiger partial charge in [-0.25, -0.2) is 4.79 Å². The van der Waals surface area contributed by atoms with Crippen LogP contribution in [0, 0.1) is 23.7 Å². The SMILES string of the molecule is O=C(Oc1ccc(N2C(=O)[C@H]3[C@@H]4C[C@H]([C@@H](Br)[C@H]4Br)[C@@H]3C2=O)cc1)c1ccccc1. The van der Waals surface area contributed by atoms with Gasteiger partial charge in [-0.1, -0.05) is 50.1 Å². The molecule has 29 heavy (non-hydrogen) atoms. The summed E-state index contributed by atoms with van der Waals surface area (Å²) in [6.07, 6.45) is 0.904. The van der Waals surface area contributed by atoms with Crippen LogP contribution in [0.2, 0.25) is 0 Å². The summed E-state index contributed by atoms with van der Waals surface area (Å²) in [4.78, 5) is 40.1. The number of fused-ring (bicyclic) bond motifs is 5. The van der Waals surface area contributed by atoms with E-state index in [0.717, 1.165) is 6.42 Å². The molecule has 7 heteroatoms. The van der Waals surface area contributed by atoms with E-state index in [1.165, 1.54) is 4.90 Å². The molecule has 5 nitrogen and oxygen atoms in total. The molecule has 0 aromatic heterocycles. The van der Waals surface area contributed by atoms with E-state index in [-0.39, 0.29) is 45.1 Å². The lowest BCUT2D eigenvalue weighted by molar-refractivity contribution is -0.123. The molecule has 2 amide bonds. The number of nitrogens with zero attached hydrogens (tertiary/aromatic N) is 1. The summed E-state index contributed by atoms with van der Waals surface area (Å²) in [5.74, 6) is -0.463. The lowest BCUT2D eigenvalue weighted by atomic mass is 9.81. The highest BCUT2D eigenvalue weighted by Gasteiger charge is 2.66. The van der Waals surface area contributed by atoms with Crippen molar-refractivity contribution in [1.29, 1.82) is 0 Å². The molecule has 0 spiro atoms. The first-order chi connectivity index (χ1) is 14.0. The molecule has 1 aliphatic heterocycles. The van der Waals surface area contributed by atoms with Crippen molar-refractivity contribution in [3.05, 3.63) is 60.2 Å². The minimum Gasteiger partial charge on any atom is -0.423 e. The fraction of sp³-hybridized carbons (Fsp3) is 0.318. The van der Waals surface area contributed by atoms with Gasteiger partial charge in [-0.15, -0.1) is 0 Å². The fourth-order valence-electron chi connectivity index (χ4n) is 5.01. The van der Waals surface area contributed by atoms with Crippen molar-refractivity contribution >= 4 is 55.3 Å². The Morgan fingerprint density at radius 2 is 1.41 bits per heavy atom.